The second kappa shape index (κ2) is 5.71. The van der Waals surface area contributed by atoms with E-state index in [0.29, 0.717) is 10.8 Å². The zero-order chi connectivity index (χ0) is 15.8. The third kappa shape index (κ3) is 2.82. The van der Waals surface area contributed by atoms with Gasteiger partial charge in [-0.25, -0.2) is 4.98 Å². The minimum Gasteiger partial charge on any atom is -0.371 e. The van der Waals surface area contributed by atoms with E-state index in [2.05, 4.69) is 20.5 Å². The van der Waals surface area contributed by atoms with E-state index < -0.39 is 0 Å². The van der Waals surface area contributed by atoms with Crippen molar-refractivity contribution in [1.82, 2.24) is 19.6 Å². The predicted octanol–water partition coefficient (Wildman–Crippen LogP) is 2.60. The summed E-state index contributed by atoms with van der Waals surface area (Å²) in [6.07, 6.45) is 5.58. The summed E-state index contributed by atoms with van der Waals surface area (Å²) in [5.74, 6) is -0.290. The average molecular weight is 329 g/mol. The molecule has 1 saturated heterocycles. The monoisotopic (exact) mass is 329 g/mol. The molecule has 1 atom stereocenters. The highest BCUT2D eigenvalue weighted by Gasteiger charge is 2.22. The van der Waals surface area contributed by atoms with Crippen molar-refractivity contribution in [3.05, 3.63) is 40.8 Å². The standard InChI is InChI=1S/C15H15N5O2S/c1-9-4-5-20-8-10(16-12(20)7-9)13(21)17-15-19-18-14(23-15)11-3-2-6-22-11/h4-5,7-8,11H,2-3,6H2,1H3,(H,17,19,21). The van der Waals surface area contributed by atoms with E-state index in [9.17, 15) is 4.79 Å². The number of hydrogen-bond donors (Lipinski definition) is 1. The maximum atomic E-state index is 12.3. The van der Waals surface area contributed by atoms with Crippen LogP contribution in [0.2, 0.25) is 0 Å². The molecule has 0 bridgehead atoms. The van der Waals surface area contributed by atoms with Gasteiger partial charge in [0.15, 0.2) is 0 Å². The minimum absolute atomic E-state index is 0.0105. The topological polar surface area (TPSA) is 81.4 Å². The van der Waals surface area contributed by atoms with Crippen molar-refractivity contribution in [1.29, 1.82) is 0 Å². The van der Waals surface area contributed by atoms with Crippen LogP contribution in [0, 0.1) is 6.92 Å². The Balaban J connectivity index is 1.52. The predicted molar refractivity (Wildman–Crippen MR) is 85.7 cm³/mol. The van der Waals surface area contributed by atoms with Gasteiger partial charge in [0.25, 0.3) is 5.91 Å². The van der Waals surface area contributed by atoms with Gasteiger partial charge in [-0.15, -0.1) is 10.2 Å². The second-order valence-electron chi connectivity index (χ2n) is 5.50. The third-order valence-corrected chi connectivity index (χ3v) is 4.65. The molecule has 1 aliphatic rings. The van der Waals surface area contributed by atoms with Crippen LogP contribution >= 0.6 is 11.3 Å². The van der Waals surface area contributed by atoms with Crippen LogP contribution < -0.4 is 5.32 Å². The lowest BCUT2D eigenvalue weighted by Crippen LogP contribution is -2.12. The maximum Gasteiger partial charge on any atom is 0.277 e. The molecule has 23 heavy (non-hydrogen) atoms. The van der Waals surface area contributed by atoms with Gasteiger partial charge in [0.05, 0.1) is 0 Å². The number of carbonyl (C=O) groups excluding carboxylic acids is 1. The lowest BCUT2D eigenvalue weighted by molar-refractivity contribution is 0.102. The van der Waals surface area contributed by atoms with Crippen LogP contribution in [0.1, 0.15) is 40.0 Å². The van der Waals surface area contributed by atoms with Gasteiger partial charge in [0, 0.05) is 19.0 Å². The molecule has 1 amide bonds. The van der Waals surface area contributed by atoms with E-state index in [1.807, 2.05) is 29.7 Å². The number of anilines is 1. The average Bonchev–Trinajstić information content (AvgIpc) is 3.26. The molecule has 0 radical (unpaired) electrons. The van der Waals surface area contributed by atoms with E-state index in [1.165, 1.54) is 11.3 Å². The largest absolute Gasteiger partial charge is 0.371 e. The highest BCUT2D eigenvalue weighted by atomic mass is 32.1. The summed E-state index contributed by atoms with van der Waals surface area (Å²) in [7, 11) is 0. The molecule has 4 rings (SSSR count). The number of amides is 1. The van der Waals surface area contributed by atoms with Gasteiger partial charge in [-0.05, 0) is 37.5 Å². The molecular weight excluding hydrogens is 314 g/mol. The molecule has 3 aromatic rings. The van der Waals surface area contributed by atoms with Crippen molar-refractivity contribution < 1.29 is 9.53 Å². The fourth-order valence-corrected chi connectivity index (χ4v) is 3.36. The molecule has 0 spiro atoms. The first-order valence-corrected chi connectivity index (χ1v) is 8.22. The van der Waals surface area contributed by atoms with E-state index in [-0.39, 0.29) is 12.0 Å². The molecule has 1 N–H and O–H groups in total. The molecule has 1 aliphatic heterocycles. The van der Waals surface area contributed by atoms with Crippen molar-refractivity contribution in [2.24, 2.45) is 0 Å². The first-order chi connectivity index (χ1) is 11.2. The number of fused-ring (bicyclic) bond motifs is 1. The number of hydrogen-bond acceptors (Lipinski definition) is 6. The molecule has 3 aromatic heterocycles. The Morgan fingerprint density at radius 1 is 1.48 bits per heavy atom. The van der Waals surface area contributed by atoms with E-state index >= 15 is 0 Å². The van der Waals surface area contributed by atoms with Crippen LogP contribution in [0.5, 0.6) is 0 Å². The van der Waals surface area contributed by atoms with Crippen LogP contribution in [0.4, 0.5) is 5.13 Å². The first-order valence-electron chi connectivity index (χ1n) is 7.41. The van der Waals surface area contributed by atoms with Gasteiger partial charge in [0.1, 0.15) is 22.5 Å². The van der Waals surface area contributed by atoms with Gasteiger partial charge >= 0.3 is 0 Å². The molecule has 1 fully saturated rings. The Hall–Kier alpha value is -2.32. The molecule has 8 heteroatoms. The molecule has 118 valence electrons. The first kappa shape index (κ1) is 14.3. The second-order valence-corrected chi connectivity index (χ2v) is 6.51. The molecule has 4 heterocycles. The van der Waals surface area contributed by atoms with Crippen LogP contribution in [0.3, 0.4) is 0 Å². The maximum absolute atomic E-state index is 12.3. The summed E-state index contributed by atoms with van der Waals surface area (Å²) in [4.78, 5) is 16.7. The lowest BCUT2D eigenvalue weighted by atomic mass is 10.2. The number of ether oxygens (including phenoxy) is 1. The van der Waals surface area contributed by atoms with Crippen molar-refractivity contribution in [2.75, 3.05) is 11.9 Å². The van der Waals surface area contributed by atoms with Gasteiger partial charge < -0.3 is 9.14 Å². The van der Waals surface area contributed by atoms with Crippen molar-refractivity contribution in [2.45, 2.75) is 25.9 Å². The normalized spacial score (nSPS) is 17.7. The molecule has 7 nitrogen and oxygen atoms in total. The van der Waals surface area contributed by atoms with Gasteiger partial charge in [-0.3, -0.25) is 10.1 Å². The fraction of sp³-hybridized carbons (Fsp3) is 0.333. The Labute approximate surface area is 136 Å². The highest BCUT2D eigenvalue weighted by molar-refractivity contribution is 7.15. The van der Waals surface area contributed by atoms with Crippen molar-refractivity contribution in [3.8, 4) is 0 Å². The molecule has 0 aliphatic carbocycles. The van der Waals surface area contributed by atoms with Crippen molar-refractivity contribution in [3.63, 3.8) is 0 Å². The summed E-state index contributed by atoms with van der Waals surface area (Å²) in [6.45, 7) is 2.74. The molecular formula is C15H15N5O2S. The molecule has 0 aromatic carbocycles. The van der Waals surface area contributed by atoms with Crippen LogP contribution in [-0.2, 0) is 4.74 Å². The van der Waals surface area contributed by atoms with Crippen LogP contribution in [-0.4, -0.2) is 32.1 Å². The van der Waals surface area contributed by atoms with Crippen LogP contribution in [0.25, 0.3) is 5.65 Å². The minimum atomic E-state index is -0.290. The van der Waals surface area contributed by atoms with Crippen molar-refractivity contribution >= 4 is 28.0 Å². The SMILES string of the molecule is Cc1ccn2cc(C(=O)Nc3nnc(C4CCCO4)s3)nc2c1. The lowest BCUT2D eigenvalue weighted by Gasteiger charge is -2.02. The summed E-state index contributed by atoms with van der Waals surface area (Å²) >= 11 is 1.35. The number of aromatic nitrogens is 4. The van der Waals surface area contributed by atoms with E-state index in [4.69, 9.17) is 4.74 Å². The summed E-state index contributed by atoms with van der Waals surface area (Å²) < 4.78 is 7.39. The number of rotatable bonds is 3. The number of carbonyl (C=O) groups is 1. The van der Waals surface area contributed by atoms with E-state index in [0.717, 1.165) is 35.7 Å². The number of aryl methyl sites for hydroxylation is 1. The molecule has 0 saturated carbocycles. The Morgan fingerprint density at radius 2 is 2.39 bits per heavy atom. The summed E-state index contributed by atoms with van der Waals surface area (Å²) in [5, 5.41) is 12.1. The quantitative estimate of drug-likeness (QED) is 0.799. The number of nitrogens with one attached hydrogen (secondary N) is 1. The number of imidazole rings is 1. The Kier molecular flexibility index (Phi) is 3.55. The summed E-state index contributed by atoms with van der Waals surface area (Å²) in [6, 6.07) is 3.90. The third-order valence-electron chi connectivity index (χ3n) is 3.71. The number of pyridine rings is 1. The molecule has 1 unspecified atom stereocenters. The van der Waals surface area contributed by atoms with Gasteiger partial charge in [-0.2, -0.15) is 0 Å². The number of nitrogens with zero attached hydrogens (tertiary/aromatic N) is 4. The Bertz CT molecular complexity index is 866. The van der Waals surface area contributed by atoms with E-state index in [1.54, 1.807) is 6.20 Å². The zero-order valence-electron chi connectivity index (χ0n) is 12.5. The Morgan fingerprint density at radius 3 is 3.22 bits per heavy atom. The van der Waals surface area contributed by atoms with Crippen LogP contribution in [0.15, 0.2) is 24.5 Å². The van der Waals surface area contributed by atoms with Gasteiger partial charge in [-0.1, -0.05) is 11.3 Å². The fourth-order valence-electron chi connectivity index (χ4n) is 2.54. The highest BCUT2D eigenvalue weighted by Crippen LogP contribution is 2.31. The smallest absolute Gasteiger partial charge is 0.277 e. The summed E-state index contributed by atoms with van der Waals surface area (Å²) in [5.41, 5.74) is 2.19. The van der Waals surface area contributed by atoms with Gasteiger partial charge in [0.2, 0.25) is 5.13 Å². The zero-order valence-corrected chi connectivity index (χ0v) is 13.3.